The fraction of sp³-hybridized carbons (Fsp3) is 0.667. The third-order valence-electron chi connectivity index (χ3n) is 2.01. The molecule has 0 saturated heterocycles. The molecule has 1 aromatic heterocycles. The SMILES string of the molecule is CC(C)OCCNS(=O)(=O)c1[nH]ncc1CN. The Morgan fingerprint density at radius 1 is 1.59 bits per heavy atom. The molecule has 98 valence electrons. The lowest BCUT2D eigenvalue weighted by atomic mass is 10.4. The molecule has 0 spiro atoms. The van der Waals surface area contributed by atoms with Crippen molar-refractivity contribution in [1.82, 2.24) is 14.9 Å². The second-order valence-electron chi connectivity index (χ2n) is 3.75. The van der Waals surface area contributed by atoms with Gasteiger partial charge in [0, 0.05) is 18.7 Å². The third-order valence-corrected chi connectivity index (χ3v) is 3.49. The van der Waals surface area contributed by atoms with Crippen molar-refractivity contribution >= 4 is 10.0 Å². The molecule has 0 atom stereocenters. The fourth-order valence-electron chi connectivity index (χ4n) is 1.22. The van der Waals surface area contributed by atoms with Crippen molar-refractivity contribution in [3.63, 3.8) is 0 Å². The van der Waals surface area contributed by atoms with Crippen LogP contribution in [0.2, 0.25) is 0 Å². The number of hydrogen-bond donors (Lipinski definition) is 3. The van der Waals surface area contributed by atoms with Gasteiger partial charge >= 0.3 is 0 Å². The van der Waals surface area contributed by atoms with Crippen LogP contribution in [0.25, 0.3) is 0 Å². The molecule has 1 aromatic rings. The van der Waals surface area contributed by atoms with E-state index in [9.17, 15) is 8.42 Å². The molecule has 0 bridgehead atoms. The molecule has 0 aliphatic heterocycles. The van der Waals surface area contributed by atoms with Gasteiger partial charge in [-0.1, -0.05) is 0 Å². The van der Waals surface area contributed by atoms with Crippen LogP contribution >= 0.6 is 0 Å². The van der Waals surface area contributed by atoms with Gasteiger partial charge in [0.05, 0.1) is 18.9 Å². The Bertz CT molecular complexity index is 441. The Morgan fingerprint density at radius 2 is 2.29 bits per heavy atom. The molecule has 0 amide bonds. The summed E-state index contributed by atoms with van der Waals surface area (Å²) in [6.07, 6.45) is 1.48. The van der Waals surface area contributed by atoms with Gasteiger partial charge in [-0.05, 0) is 13.8 Å². The Balaban J connectivity index is 2.57. The third kappa shape index (κ3) is 4.08. The van der Waals surface area contributed by atoms with E-state index in [1.807, 2.05) is 13.8 Å². The van der Waals surface area contributed by atoms with Gasteiger partial charge in [0.2, 0.25) is 0 Å². The van der Waals surface area contributed by atoms with Crippen LogP contribution < -0.4 is 10.5 Å². The molecule has 0 aromatic carbocycles. The van der Waals surface area contributed by atoms with Gasteiger partial charge in [-0.15, -0.1) is 0 Å². The monoisotopic (exact) mass is 262 g/mol. The summed E-state index contributed by atoms with van der Waals surface area (Å²) in [7, 11) is -3.59. The van der Waals surface area contributed by atoms with E-state index < -0.39 is 10.0 Å². The highest BCUT2D eigenvalue weighted by Crippen LogP contribution is 2.10. The predicted molar refractivity (Wildman–Crippen MR) is 62.8 cm³/mol. The van der Waals surface area contributed by atoms with Crippen LogP contribution in [-0.2, 0) is 21.3 Å². The van der Waals surface area contributed by atoms with Crippen molar-refractivity contribution in [3.8, 4) is 0 Å². The number of aromatic nitrogens is 2. The molecule has 8 heteroatoms. The fourth-order valence-corrected chi connectivity index (χ4v) is 2.37. The summed E-state index contributed by atoms with van der Waals surface area (Å²) in [5.41, 5.74) is 5.87. The van der Waals surface area contributed by atoms with E-state index in [1.165, 1.54) is 6.20 Å². The van der Waals surface area contributed by atoms with E-state index in [2.05, 4.69) is 14.9 Å². The number of rotatable bonds is 7. The Labute approximate surface area is 101 Å². The minimum absolute atomic E-state index is 0.0181. The molecule has 4 N–H and O–H groups in total. The van der Waals surface area contributed by atoms with E-state index in [-0.39, 0.29) is 24.2 Å². The molecule has 7 nitrogen and oxygen atoms in total. The number of H-pyrrole nitrogens is 1. The topological polar surface area (TPSA) is 110 Å². The maximum Gasteiger partial charge on any atom is 0.257 e. The van der Waals surface area contributed by atoms with Gasteiger partial charge in [0.1, 0.15) is 0 Å². The average molecular weight is 262 g/mol. The Morgan fingerprint density at radius 3 is 2.88 bits per heavy atom. The summed E-state index contributed by atoms with van der Waals surface area (Å²) in [6, 6.07) is 0. The van der Waals surface area contributed by atoms with E-state index in [0.29, 0.717) is 12.2 Å². The van der Waals surface area contributed by atoms with Crippen LogP contribution in [-0.4, -0.2) is 37.9 Å². The first-order valence-corrected chi connectivity index (χ1v) is 6.79. The Kier molecular flexibility index (Phi) is 5.06. The zero-order valence-electron chi connectivity index (χ0n) is 9.93. The number of aromatic amines is 1. The van der Waals surface area contributed by atoms with Gasteiger partial charge in [-0.3, -0.25) is 5.10 Å². The number of nitrogens with two attached hydrogens (primary N) is 1. The maximum absolute atomic E-state index is 11.8. The molecule has 17 heavy (non-hydrogen) atoms. The van der Waals surface area contributed by atoms with Crippen molar-refractivity contribution < 1.29 is 13.2 Å². The number of nitrogens with zero attached hydrogens (tertiary/aromatic N) is 1. The predicted octanol–water partition coefficient (Wildman–Crippen LogP) is -0.428. The first-order chi connectivity index (χ1) is 7.97. The molecular formula is C9H18N4O3S. The summed E-state index contributed by atoms with van der Waals surface area (Å²) in [5.74, 6) is 0. The van der Waals surface area contributed by atoms with Crippen LogP contribution in [0.4, 0.5) is 0 Å². The van der Waals surface area contributed by atoms with Gasteiger partial charge in [0.15, 0.2) is 5.03 Å². The smallest absolute Gasteiger partial charge is 0.257 e. The van der Waals surface area contributed by atoms with Crippen LogP contribution in [0, 0.1) is 0 Å². The maximum atomic E-state index is 11.8. The highest BCUT2D eigenvalue weighted by atomic mass is 32.2. The summed E-state index contributed by atoms with van der Waals surface area (Å²) >= 11 is 0. The molecule has 0 radical (unpaired) electrons. The van der Waals surface area contributed by atoms with E-state index in [1.54, 1.807) is 0 Å². The first kappa shape index (κ1) is 14.1. The van der Waals surface area contributed by atoms with E-state index >= 15 is 0 Å². The lowest BCUT2D eigenvalue weighted by Crippen LogP contribution is -2.29. The summed E-state index contributed by atoms with van der Waals surface area (Å²) < 4.78 is 31.3. The van der Waals surface area contributed by atoms with Gasteiger partial charge in [-0.25, -0.2) is 13.1 Å². The zero-order valence-corrected chi connectivity index (χ0v) is 10.8. The van der Waals surface area contributed by atoms with Crippen LogP contribution in [0.1, 0.15) is 19.4 Å². The summed E-state index contributed by atoms with van der Waals surface area (Å²) in [4.78, 5) is 0. The molecule has 0 saturated carbocycles. The number of ether oxygens (including phenoxy) is 1. The number of nitrogens with one attached hydrogen (secondary N) is 2. The van der Waals surface area contributed by atoms with E-state index in [0.717, 1.165) is 0 Å². The average Bonchev–Trinajstić information content (AvgIpc) is 2.73. The zero-order chi connectivity index (χ0) is 12.9. The molecule has 1 heterocycles. The summed E-state index contributed by atoms with van der Waals surface area (Å²) in [5, 5.41) is 6.10. The van der Waals surface area contributed by atoms with Crippen molar-refractivity contribution in [2.45, 2.75) is 31.5 Å². The van der Waals surface area contributed by atoms with Crippen LogP contribution in [0.5, 0.6) is 0 Å². The minimum Gasteiger partial charge on any atom is -0.377 e. The van der Waals surface area contributed by atoms with Crippen LogP contribution in [0.15, 0.2) is 11.2 Å². The standard InChI is InChI=1S/C9H18N4O3S/c1-7(2)16-4-3-12-17(14,15)9-8(5-10)6-11-13-9/h6-7,12H,3-5,10H2,1-2H3,(H,11,13). The lowest BCUT2D eigenvalue weighted by molar-refractivity contribution is 0.0833. The van der Waals surface area contributed by atoms with Crippen molar-refractivity contribution in [3.05, 3.63) is 11.8 Å². The van der Waals surface area contributed by atoms with Gasteiger partial charge in [-0.2, -0.15) is 5.10 Å². The normalized spacial score (nSPS) is 12.2. The second-order valence-corrected chi connectivity index (χ2v) is 5.45. The van der Waals surface area contributed by atoms with Crippen molar-refractivity contribution in [2.75, 3.05) is 13.2 Å². The number of sulfonamides is 1. The van der Waals surface area contributed by atoms with Gasteiger partial charge < -0.3 is 10.5 Å². The quantitative estimate of drug-likeness (QED) is 0.578. The molecule has 0 aliphatic carbocycles. The van der Waals surface area contributed by atoms with Gasteiger partial charge in [0.25, 0.3) is 10.0 Å². The van der Waals surface area contributed by atoms with E-state index in [4.69, 9.17) is 10.5 Å². The Hall–Kier alpha value is -0.960. The molecular weight excluding hydrogens is 244 g/mol. The molecule has 0 aliphatic rings. The highest BCUT2D eigenvalue weighted by molar-refractivity contribution is 7.89. The summed E-state index contributed by atoms with van der Waals surface area (Å²) in [6.45, 7) is 4.42. The van der Waals surface area contributed by atoms with Crippen molar-refractivity contribution in [1.29, 1.82) is 0 Å². The highest BCUT2D eigenvalue weighted by Gasteiger charge is 2.19. The molecule has 0 fully saturated rings. The van der Waals surface area contributed by atoms with Crippen molar-refractivity contribution in [2.24, 2.45) is 5.73 Å². The second kappa shape index (κ2) is 6.10. The molecule has 1 rings (SSSR count). The largest absolute Gasteiger partial charge is 0.377 e. The van der Waals surface area contributed by atoms with Crippen LogP contribution in [0.3, 0.4) is 0 Å². The lowest BCUT2D eigenvalue weighted by Gasteiger charge is -2.09. The minimum atomic E-state index is -3.59. The first-order valence-electron chi connectivity index (χ1n) is 5.31. The number of hydrogen-bond acceptors (Lipinski definition) is 5. The molecule has 0 unspecified atom stereocenters.